The van der Waals surface area contributed by atoms with Crippen LogP contribution in [0.4, 0.5) is 0 Å². The van der Waals surface area contributed by atoms with E-state index in [-0.39, 0.29) is 0 Å². The van der Waals surface area contributed by atoms with Crippen LogP contribution in [-0.2, 0) is 0 Å². The number of nitrogens with one attached hydrogen (secondary N) is 1. The van der Waals surface area contributed by atoms with Crippen molar-refractivity contribution in [1.82, 2.24) is 5.43 Å². The maximum Gasteiger partial charge on any atom is 0.0472 e. The molecule has 0 atom stereocenters. The molecule has 3 nitrogen and oxygen atoms in total. The maximum atomic E-state index is 4.03. The van der Waals surface area contributed by atoms with E-state index in [1.807, 2.05) is 25.2 Å². The van der Waals surface area contributed by atoms with Crippen molar-refractivity contribution in [2.24, 2.45) is 10.1 Å². The summed E-state index contributed by atoms with van der Waals surface area (Å²) in [6.45, 7) is 13.5. The van der Waals surface area contributed by atoms with Gasteiger partial charge >= 0.3 is 0 Å². The molecule has 18 heavy (non-hydrogen) atoms. The summed E-state index contributed by atoms with van der Waals surface area (Å²) in [7, 11) is 0. The van der Waals surface area contributed by atoms with Gasteiger partial charge in [-0.25, -0.2) is 0 Å². The summed E-state index contributed by atoms with van der Waals surface area (Å²) >= 11 is 0. The van der Waals surface area contributed by atoms with E-state index in [9.17, 15) is 0 Å². The van der Waals surface area contributed by atoms with Crippen LogP contribution >= 0.6 is 0 Å². The third-order valence-electron chi connectivity index (χ3n) is 2.27. The van der Waals surface area contributed by atoms with E-state index in [1.165, 1.54) is 6.20 Å². The lowest BCUT2D eigenvalue weighted by Gasteiger charge is -2.13. The maximum absolute atomic E-state index is 4.03. The molecule has 0 spiro atoms. The molecule has 0 bridgehead atoms. The summed E-state index contributed by atoms with van der Waals surface area (Å²) in [5.74, 6) is 0. The number of allylic oxidation sites excluding steroid dienone is 7. The fourth-order valence-electron chi connectivity index (χ4n) is 1.42. The molecule has 1 heterocycles. The predicted octanol–water partition coefficient (Wildman–Crippen LogP) is 3.29. The Labute approximate surface area is 108 Å². The van der Waals surface area contributed by atoms with Crippen molar-refractivity contribution in [3.8, 4) is 0 Å². The molecule has 0 aliphatic carbocycles. The molecule has 0 saturated heterocycles. The van der Waals surface area contributed by atoms with Crippen molar-refractivity contribution in [3.63, 3.8) is 0 Å². The highest BCUT2D eigenvalue weighted by Crippen LogP contribution is 2.24. The Morgan fingerprint density at radius 1 is 1.50 bits per heavy atom. The van der Waals surface area contributed by atoms with E-state index in [4.69, 9.17) is 0 Å². The van der Waals surface area contributed by atoms with Gasteiger partial charge in [-0.05, 0) is 30.2 Å². The third kappa shape index (κ3) is 3.87. The fraction of sp³-hybridized carbons (Fsp3) is 0.0667. The third-order valence-corrected chi connectivity index (χ3v) is 2.27. The zero-order chi connectivity index (χ0) is 13.4. The molecular weight excluding hydrogens is 222 g/mol. The average molecular weight is 239 g/mol. The zero-order valence-electron chi connectivity index (χ0n) is 10.6. The Balaban J connectivity index is 3.16. The van der Waals surface area contributed by atoms with Crippen molar-refractivity contribution in [2.45, 2.75) is 6.92 Å². The van der Waals surface area contributed by atoms with Crippen LogP contribution in [-0.4, -0.2) is 12.4 Å². The minimum Gasteiger partial charge on any atom is -0.285 e. The molecule has 0 saturated carbocycles. The number of aliphatic imine (C=N–C) groups is 1. The molecule has 0 unspecified atom stereocenters. The van der Waals surface area contributed by atoms with Gasteiger partial charge in [0.25, 0.3) is 0 Å². The summed E-state index contributed by atoms with van der Waals surface area (Å²) in [6, 6.07) is 0. The standard InChI is InChI=1S/C15H17N3/c1-5-16-10-8-14(12(2)3)15-11-18-17-9-6-7-13(15)4/h5-11,18H,1-2,4H2,3H3/b7-6-,14-8-,15-11+,16-10-,17-9-. The molecule has 1 rings (SSSR count). The first-order valence-electron chi connectivity index (χ1n) is 5.52. The van der Waals surface area contributed by atoms with E-state index in [1.54, 1.807) is 18.6 Å². The van der Waals surface area contributed by atoms with E-state index in [2.05, 4.69) is 35.3 Å². The Morgan fingerprint density at radius 2 is 2.28 bits per heavy atom. The fourth-order valence-corrected chi connectivity index (χ4v) is 1.42. The molecular formula is C15H17N3. The van der Waals surface area contributed by atoms with Gasteiger partial charge in [0.1, 0.15) is 0 Å². The minimum atomic E-state index is 0.884. The van der Waals surface area contributed by atoms with Crippen LogP contribution in [0.2, 0.25) is 0 Å². The van der Waals surface area contributed by atoms with Gasteiger partial charge in [0.15, 0.2) is 0 Å². The number of hydrazone groups is 1. The van der Waals surface area contributed by atoms with Gasteiger partial charge in [-0.1, -0.05) is 31.4 Å². The lowest BCUT2D eigenvalue weighted by Crippen LogP contribution is -2.03. The van der Waals surface area contributed by atoms with Gasteiger partial charge in [-0.2, -0.15) is 5.10 Å². The van der Waals surface area contributed by atoms with Gasteiger partial charge in [0, 0.05) is 30.4 Å². The zero-order valence-corrected chi connectivity index (χ0v) is 10.6. The number of rotatable bonds is 4. The van der Waals surface area contributed by atoms with Crippen LogP contribution in [0.1, 0.15) is 6.92 Å². The average Bonchev–Trinajstić information content (AvgIpc) is 2.31. The van der Waals surface area contributed by atoms with Crippen molar-refractivity contribution in [1.29, 1.82) is 0 Å². The summed E-state index contributed by atoms with van der Waals surface area (Å²) in [5, 5.41) is 3.97. The molecule has 0 aromatic heterocycles. The van der Waals surface area contributed by atoms with E-state index >= 15 is 0 Å². The molecule has 92 valence electrons. The SMILES string of the molecule is C=C\N=C/C=C(C(=C)C)\C1=C\N/N=C\C=C/C1=C. The Morgan fingerprint density at radius 3 is 2.94 bits per heavy atom. The highest BCUT2D eigenvalue weighted by atomic mass is 15.3. The van der Waals surface area contributed by atoms with E-state index in [0.717, 1.165) is 22.3 Å². The highest BCUT2D eigenvalue weighted by Gasteiger charge is 2.08. The molecule has 1 N–H and O–H groups in total. The minimum absolute atomic E-state index is 0.884. The topological polar surface area (TPSA) is 36.8 Å². The van der Waals surface area contributed by atoms with Gasteiger partial charge < -0.3 is 0 Å². The van der Waals surface area contributed by atoms with Crippen LogP contribution in [0, 0.1) is 0 Å². The first kappa shape index (κ1) is 13.6. The van der Waals surface area contributed by atoms with Crippen molar-refractivity contribution in [2.75, 3.05) is 0 Å². The molecule has 1 aliphatic heterocycles. The monoisotopic (exact) mass is 239 g/mol. The van der Waals surface area contributed by atoms with Gasteiger partial charge in [-0.3, -0.25) is 10.4 Å². The summed E-state index contributed by atoms with van der Waals surface area (Å²) < 4.78 is 0. The van der Waals surface area contributed by atoms with Crippen LogP contribution in [0.25, 0.3) is 0 Å². The smallest absolute Gasteiger partial charge is 0.0472 e. The first-order chi connectivity index (χ1) is 8.66. The highest BCUT2D eigenvalue weighted by molar-refractivity contribution is 5.78. The number of hydrogen-bond acceptors (Lipinski definition) is 3. The Bertz CT molecular complexity index is 500. The van der Waals surface area contributed by atoms with Gasteiger partial charge in [0.2, 0.25) is 0 Å². The summed E-state index contributed by atoms with van der Waals surface area (Å²) in [5.41, 5.74) is 6.55. The molecule has 0 fully saturated rings. The van der Waals surface area contributed by atoms with Crippen LogP contribution in [0.5, 0.6) is 0 Å². The lowest BCUT2D eigenvalue weighted by atomic mass is 9.94. The van der Waals surface area contributed by atoms with E-state index < -0.39 is 0 Å². The molecule has 1 aliphatic rings. The molecule has 3 heteroatoms. The molecule has 0 aromatic rings. The van der Waals surface area contributed by atoms with Gasteiger partial charge in [0.05, 0.1) is 0 Å². The largest absolute Gasteiger partial charge is 0.285 e. The summed E-state index contributed by atoms with van der Waals surface area (Å²) in [6.07, 6.45) is 12.2. The lowest BCUT2D eigenvalue weighted by molar-refractivity contribution is 0.963. The second-order valence-electron chi connectivity index (χ2n) is 3.69. The van der Waals surface area contributed by atoms with Crippen molar-refractivity contribution >= 4 is 12.4 Å². The second kappa shape index (κ2) is 7.01. The summed E-state index contributed by atoms with van der Waals surface area (Å²) in [4.78, 5) is 3.95. The molecule has 0 amide bonds. The normalized spacial score (nSPS) is 22.4. The van der Waals surface area contributed by atoms with Crippen molar-refractivity contribution in [3.05, 3.63) is 72.7 Å². The van der Waals surface area contributed by atoms with Crippen LogP contribution < -0.4 is 5.43 Å². The molecule has 0 aromatic carbocycles. The Kier molecular flexibility index (Phi) is 5.32. The Hall–Kier alpha value is -2.42. The van der Waals surface area contributed by atoms with Gasteiger partial charge in [-0.15, -0.1) is 0 Å². The predicted molar refractivity (Wildman–Crippen MR) is 79.6 cm³/mol. The van der Waals surface area contributed by atoms with E-state index in [0.29, 0.717) is 0 Å². The quantitative estimate of drug-likeness (QED) is 0.593. The molecule has 0 radical (unpaired) electrons. The van der Waals surface area contributed by atoms with Crippen LogP contribution in [0.3, 0.4) is 0 Å². The number of hydrogen-bond donors (Lipinski definition) is 1. The van der Waals surface area contributed by atoms with Crippen LogP contribution in [0.15, 0.2) is 82.8 Å². The first-order valence-corrected chi connectivity index (χ1v) is 5.52. The second-order valence-corrected chi connectivity index (χ2v) is 3.69. The number of nitrogens with zero attached hydrogens (tertiary/aromatic N) is 2. The van der Waals surface area contributed by atoms with Crippen molar-refractivity contribution < 1.29 is 0 Å².